The van der Waals surface area contributed by atoms with Crippen molar-refractivity contribution >= 4 is 40.3 Å². The molecule has 1 aliphatic carbocycles. The third kappa shape index (κ3) is 7.02. The molecule has 2 atom stereocenters. The molecule has 248 valence electrons. The van der Waals surface area contributed by atoms with Crippen molar-refractivity contribution in [2.75, 3.05) is 38.7 Å². The molecule has 1 aliphatic rings. The van der Waals surface area contributed by atoms with Gasteiger partial charge in [-0.15, -0.1) is 0 Å². The first-order chi connectivity index (χ1) is 22.7. The van der Waals surface area contributed by atoms with Gasteiger partial charge in [0.15, 0.2) is 11.5 Å². The average molecular weight is 660 g/mol. The van der Waals surface area contributed by atoms with E-state index in [1.807, 2.05) is 54.3 Å². The maximum absolute atomic E-state index is 13.9. The van der Waals surface area contributed by atoms with Gasteiger partial charge >= 0.3 is 0 Å². The molecule has 12 heteroatoms. The molecule has 1 heterocycles. The van der Waals surface area contributed by atoms with Gasteiger partial charge in [0.1, 0.15) is 11.9 Å². The first-order valence-electron chi connectivity index (χ1n) is 15.4. The van der Waals surface area contributed by atoms with E-state index >= 15 is 0 Å². The predicted molar refractivity (Wildman–Crippen MR) is 186 cm³/mol. The Hall–Kier alpha value is -4.71. The van der Waals surface area contributed by atoms with Crippen molar-refractivity contribution < 1.29 is 23.8 Å². The van der Waals surface area contributed by atoms with Gasteiger partial charge in [0.05, 0.1) is 50.6 Å². The van der Waals surface area contributed by atoms with Gasteiger partial charge in [-0.05, 0) is 78.3 Å². The molecule has 0 spiro atoms. The molecule has 0 radical (unpaired) electrons. The molecule has 0 saturated carbocycles. The van der Waals surface area contributed by atoms with Gasteiger partial charge < -0.3 is 34.7 Å². The van der Waals surface area contributed by atoms with Crippen LogP contribution < -0.4 is 35.6 Å². The van der Waals surface area contributed by atoms with Gasteiger partial charge in [-0.1, -0.05) is 18.2 Å². The summed E-state index contributed by atoms with van der Waals surface area (Å²) < 4.78 is 19.1. The third-order valence-corrected chi connectivity index (χ3v) is 9.12. The second-order valence-electron chi connectivity index (χ2n) is 11.4. The number of fused-ring (bicyclic) bond motifs is 4. The van der Waals surface area contributed by atoms with Gasteiger partial charge in [0.2, 0.25) is 23.0 Å². The normalized spacial score (nSPS) is 14.3. The Morgan fingerprint density at radius 2 is 1.83 bits per heavy atom. The van der Waals surface area contributed by atoms with Crippen molar-refractivity contribution in [2.24, 2.45) is 7.05 Å². The molecule has 2 amide bonds. The zero-order valence-electron chi connectivity index (χ0n) is 27.6. The van der Waals surface area contributed by atoms with Crippen molar-refractivity contribution in [1.29, 1.82) is 0 Å². The van der Waals surface area contributed by atoms with E-state index in [1.165, 1.54) is 6.92 Å². The molecule has 0 bridgehead atoms. The van der Waals surface area contributed by atoms with Gasteiger partial charge in [-0.3, -0.25) is 14.4 Å². The smallest absolute Gasteiger partial charge is 0.242 e. The molecule has 1 aromatic heterocycles. The highest BCUT2D eigenvalue weighted by Crippen LogP contribution is 2.50. The molecule has 47 heavy (non-hydrogen) atoms. The summed E-state index contributed by atoms with van der Waals surface area (Å²) in [4.78, 5) is 44.4. The summed E-state index contributed by atoms with van der Waals surface area (Å²) in [6.07, 6.45) is 3.61. The number of amides is 2. The first-order valence-corrected chi connectivity index (χ1v) is 16.8. The standard InChI is InChI=1S/C35H41N5O6S/c1-20(41)37-24-13-11-21-17-30(44-3)33(45-4)34(46-5)32(21)22-12-14-26(29(42)18-23(22)24)38-27(15-16-47-6)35(43)36-19-31-39-25-9-7-8-10-28(25)40(31)2/h7-10,12,14,17-18,24,27H,11,13,15-16,19H2,1-6H3,(H,36,43)(H,37,41)(H,38,42)/t24-,27-/m0/s1. The van der Waals surface area contributed by atoms with E-state index < -0.39 is 12.1 Å². The topological polar surface area (TPSA) is 133 Å². The predicted octanol–water partition coefficient (Wildman–Crippen LogP) is 4.60. The van der Waals surface area contributed by atoms with Crippen LogP contribution in [0.25, 0.3) is 22.2 Å². The van der Waals surface area contributed by atoms with E-state index in [9.17, 15) is 14.4 Å². The highest BCUT2D eigenvalue weighted by atomic mass is 32.2. The lowest BCUT2D eigenvalue weighted by atomic mass is 9.95. The van der Waals surface area contributed by atoms with Gasteiger partial charge in [0.25, 0.3) is 0 Å². The summed E-state index contributed by atoms with van der Waals surface area (Å²) in [6.45, 7) is 1.70. The quantitative estimate of drug-likeness (QED) is 0.200. The van der Waals surface area contributed by atoms with Crippen LogP contribution in [0.15, 0.2) is 53.3 Å². The summed E-state index contributed by atoms with van der Waals surface area (Å²) in [5.74, 6) is 2.41. The molecule has 4 aromatic rings. The number of carbonyl (C=O) groups is 2. The van der Waals surface area contributed by atoms with E-state index in [4.69, 9.17) is 14.2 Å². The fraction of sp³-hybridized carbons (Fsp3) is 0.371. The number of para-hydroxylation sites is 2. The Kier molecular flexibility index (Phi) is 10.6. The number of aryl methyl sites for hydroxylation is 2. The summed E-state index contributed by atoms with van der Waals surface area (Å²) >= 11 is 1.62. The van der Waals surface area contributed by atoms with Crippen molar-refractivity contribution in [3.05, 3.63) is 75.7 Å². The second kappa shape index (κ2) is 14.8. The average Bonchev–Trinajstić information content (AvgIpc) is 3.20. The monoisotopic (exact) mass is 659 g/mol. The lowest BCUT2D eigenvalue weighted by Gasteiger charge is -2.19. The van der Waals surface area contributed by atoms with Crippen LogP contribution in [0.1, 0.15) is 42.8 Å². The number of nitrogens with zero attached hydrogens (tertiary/aromatic N) is 2. The summed E-state index contributed by atoms with van der Waals surface area (Å²) in [7, 11) is 6.59. The molecular weight excluding hydrogens is 618 g/mol. The van der Waals surface area contributed by atoms with Crippen molar-refractivity contribution in [2.45, 2.75) is 44.8 Å². The van der Waals surface area contributed by atoms with E-state index in [0.29, 0.717) is 53.4 Å². The van der Waals surface area contributed by atoms with Crippen LogP contribution >= 0.6 is 11.8 Å². The van der Waals surface area contributed by atoms with Crippen LogP contribution in [0.4, 0.5) is 5.69 Å². The van der Waals surface area contributed by atoms with Crippen molar-refractivity contribution in [3.63, 3.8) is 0 Å². The highest BCUT2D eigenvalue weighted by molar-refractivity contribution is 7.98. The van der Waals surface area contributed by atoms with E-state index in [1.54, 1.807) is 45.2 Å². The number of benzene rings is 2. The summed E-state index contributed by atoms with van der Waals surface area (Å²) in [5.41, 5.74) is 4.85. The largest absolute Gasteiger partial charge is 0.493 e. The Morgan fingerprint density at radius 3 is 2.51 bits per heavy atom. The van der Waals surface area contributed by atoms with Crippen LogP contribution in [0.5, 0.6) is 17.2 Å². The highest BCUT2D eigenvalue weighted by Gasteiger charge is 2.30. The Labute approximate surface area is 278 Å². The van der Waals surface area contributed by atoms with Gasteiger partial charge in [0, 0.05) is 19.5 Å². The number of methoxy groups -OCH3 is 3. The van der Waals surface area contributed by atoms with Crippen molar-refractivity contribution in [1.82, 2.24) is 20.2 Å². The van der Waals surface area contributed by atoms with Crippen LogP contribution in [0.3, 0.4) is 0 Å². The van der Waals surface area contributed by atoms with Crippen molar-refractivity contribution in [3.8, 4) is 28.4 Å². The minimum atomic E-state index is -0.677. The molecule has 5 rings (SSSR count). The zero-order chi connectivity index (χ0) is 33.7. The number of hydrogen-bond donors (Lipinski definition) is 3. The van der Waals surface area contributed by atoms with Gasteiger partial charge in [-0.2, -0.15) is 11.8 Å². The molecule has 0 fully saturated rings. The Bertz CT molecular complexity index is 1860. The van der Waals surface area contributed by atoms with Crippen LogP contribution in [-0.2, 0) is 29.6 Å². The lowest BCUT2D eigenvalue weighted by molar-refractivity contribution is -0.122. The molecule has 0 aliphatic heterocycles. The molecule has 0 saturated heterocycles. The van der Waals surface area contributed by atoms with E-state index in [2.05, 4.69) is 20.9 Å². The fourth-order valence-corrected chi connectivity index (χ4v) is 6.63. The van der Waals surface area contributed by atoms with Gasteiger partial charge in [-0.25, -0.2) is 4.98 Å². The number of carbonyl (C=O) groups excluding carboxylic acids is 2. The lowest BCUT2D eigenvalue weighted by Crippen LogP contribution is -2.41. The van der Waals surface area contributed by atoms with E-state index in [0.717, 1.165) is 28.0 Å². The summed E-state index contributed by atoms with van der Waals surface area (Å²) in [6, 6.07) is 13.7. The molecule has 0 unspecified atom stereocenters. The SMILES string of the molecule is COc1cc2c(c(OC)c1OC)-c1ccc(N[C@@H](CCSC)C(=O)NCc3nc4ccccc4n3C)c(=O)cc1[C@@H](NC(C)=O)CC2. The Morgan fingerprint density at radius 1 is 1.06 bits per heavy atom. The minimum Gasteiger partial charge on any atom is -0.493 e. The number of rotatable bonds is 12. The number of imidazole rings is 1. The number of hydrogen-bond acceptors (Lipinski definition) is 9. The maximum Gasteiger partial charge on any atom is 0.242 e. The minimum absolute atomic E-state index is 0.208. The number of ether oxygens (including phenoxy) is 3. The fourth-order valence-electron chi connectivity index (χ4n) is 6.16. The number of anilines is 1. The van der Waals surface area contributed by atoms with Crippen LogP contribution in [-0.4, -0.2) is 60.7 Å². The van der Waals surface area contributed by atoms with E-state index in [-0.39, 0.29) is 29.5 Å². The maximum atomic E-state index is 13.9. The number of thioether (sulfide) groups is 1. The zero-order valence-corrected chi connectivity index (χ0v) is 28.4. The second-order valence-corrected chi connectivity index (χ2v) is 12.4. The summed E-state index contributed by atoms with van der Waals surface area (Å²) in [5, 5.41) is 9.28. The molecule has 3 N–H and O–H groups in total. The van der Waals surface area contributed by atoms with Crippen LogP contribution in [0, 0.1) is 0 Å². The van der Waals surface area contributed by atoms with Crippen LogP contribution in [0.2, 0.25) is 0 Å². The molecule has 3 aromatic carbocycles. The molecular formula is C35H41N5O6S. The first kappa shape index (κ1) is 33.6. The number of nitrogens with one attached hydrogen (secondary N) is 3. The Balaban J connectivity index is 1.53. The molecule has 11 nitrogen and oxygen atoms in total. The number of aromatic nitrogens is 2. The third-order valence-electron chi connectivity index (χ3n) is 8.47.